The van der Waals surface area contributed by atoms with Gasteiger partial charge in [-0.2, -0.15) is 0 Å². The summed E-state index contributed by atoms with van der Waals surface area (Å²) in [5.41, 5.74) is 1.53. The summed E-state index contributed by atoms with van der Waals surface area (Å²) in [5.74, 6) is 13.9. The lowest BCUT2D eigenvalue weighted by Gasteiger charge is -2.50. The number of hydrogen-bond donors (Lipinski definition) is 0. The first-order valence-electron chi connectivity index (χ1n) is 10.3. The number of carbonyl (C=O) groups is 2. The molecule has 3 aliphatic carbocycles. The fourth-order valence-electron chi connectivity index (χ4n) is 4.57. The molecule has 2 heteroatoms. The van der Waals surface area contributed by atoms with Crippen molar-refractivity contribution in [2.75, 3.05) is 0 Å². The summed E-state index contributed by atoms with van der Waals surface area (Å²) >= 11 is 0. The second kappa shape index (κ2) is 6.77. The summed E-state index contributed by atoms with van der Waals surface area (Å²) in [5, 5.41) is 0. The van der Waals surface area contributed by atoms with Crippen molar-refractivity contribution in [3.05, 3.63) is 23.3 Å². The van der Waals surface area contributed by atoms with Crippen LogP contribution >= 0.6 is 0 Å². The van der Waals surface area contributed by atoms with E-state index in [-0.39, 0.29) is 33.2 Å². The SMILES string of the molecule is CC1(C)CC(=O)C=C(C#C[C@@]2(C)CC[C@@]2(C)C#CC2=CC(=O)CC(C)(C)C2)C1. The number of carbonyl (C=O) groups excluding carboxylic acids is 2. The third-order valence-corrected chi connectivity index (χ3v) is 6.65. The van der Waals surface area contributed by atoms with Gasteiger partial charge in [0.05, 0.1) is 0 Å². The fourth-order valence-corrected chi connectivity index (χ4v) is 4.57. The molecule has 0 aliphatic heterocycles. The zero-order valence-electron chi connectivity index (χ0n) is 18.2. The van der Waals surface area contributed by atoms with Crippen LogP contribution in [0.15, 0.2) is 23.3 Å². The van der Waals surface area contributed by atoms with Crippen molar-refractivity contribution >= 4 is 11.6 Å². The van der Waals surface area contributed by atoms with Crippen molar-refractivity contribution in [2.24, 2.45) is 21.7 Å². The zero-order valence-corrected chi connectivity index (χ0v) is 18.2. The molecule has 0 unspecified atom stereocenters. The molecule has 0 amide bonds. The lowest BCUT2D eigenvalue weighted by molar-refractivity contribution is -0.117. The summed E-state index contributed by atoms with van der Waals surface area (Å²) in [6.07, 6.45) is 8.39. The third kappa shape index (κ3) is 4.33. The van der Waals surface area contributed by atoms with Crippen LogP contribution < -0.4 is 0 Å². The van der Waals surface area contributed by atoms with Crippen LogP contribution in [0.2, 0.25) is 0 Å². The molecule has 3 aliphatic rings. The molecule has 1 fully saturated rings. The fraction of sp³-hybridized carbons (Fsp3) is 0.615. The van der Waals surface area contributed by atoms with Gasteiger partial charge in [-0.25, -0.2) is 0 Å². The first-order valence-corrected chi connectivity index (χ1v) is 10.3. The maximum atomic E-state index is 12.0. The third-order valence-electron chi connectivity index (χ3n) is 6.65. The Morgan fingerprint density at radius 2 is 1.00 bits per heavy atom. The molecule has 3 rings (SSSR count). The second-order valence-corrected chi connectivity index (χ2v) is 11.0. The van der Waals surface area contributed by atoms with E-state index in [9.17, 15) is 9.59 Å². The Labute approximate surface area is 170 Å². The number of ketones is 2. The summed E-state index contributed by atoms with van der Waals surface area (Å²) in [7, 11) is 0. The lowest BCUT2D eigenvalue weighted by Crippen LogP contribution is -2.45. The molecule has 2 nitrogen and oxygen atoms in total. The van der Waals surface area contributed by atoms with Crippen LogP contribution in [0.3, 0.4) is 0 Å². The predicted molar refractivity (Wildman–Crippen MR) is 113 cm³/mol. The monoisotopic (exact) mass is 376 g/mol. The molecule has 0 aromatic carbocycles. The van der Waals surface area contributed by atoms with E-state index in [1.165, 1.54) is 0 Å². The van der Waals surface area contributed by atoms with Gasteiger partial charge in [0.1, 0.15) is 0 Å². The molecular weight excluding hydrogens is 344 g/mol. The maximum absolute atomic E-state index is 12.0. The van der Waals surface area contributed by atoms with Crippen molar-refractivity contribution in [1.29, 1.82) is 0 Å². The average Bonchev–Trinajstić information content (AvgIpc) is 2.53. The molecule has 0 N–H and O–H groups in total. The van der Waals surface area contributed by atoms with Gasteiger partial charge in [-0.3, -0.25) is 9.59 Å². The molecule has 0 aromatic rings. The molecule has 1 saturated carbocycles. The van der Waals surface area contributed by atoms with E-state index < -0.39 is 0 Å². The topological polar surface area (TPSA) is 34.1 Å². The smallest absolute Gasteiger partial charge is 0.157 e. The van der Waals surface area contributed by atoms with Crippen LogP contribution in [-0.2, 0) is 9.59 Å². The van der Waals surface area contributed by atoms with Crippen LogP contribution in [0.25, 0.3) is 0 Å². The van der Waals surface area contributed by atoms with Crippen molar-refractivity contribution < 1.29 is 9.59 Å². The van der Waals surface area contributed by atoms with Crippen LogP contribution in [-0.4, -0.2) is 11.6 Å². The summed E-state index contributed by atoms with van der Waals surface area (Å²) < 4.78 is 0. The summed E-state index contributed by atoms with van der Waals surface area (Å²) in [6.45, 7) is 12.9. The molecule has 0 saturated heterocycles. The van der Waals surface area contributed by atoms with E-state index in [4.69, 9.17) is 0 Å². The maximum Gasteiger partial charge on any atom is 0.157 e. The normalized spacial score (nSPS) is 33.4. The van der Waals surface area contributed by atoms with Crippen LogP contribution in [0, 0.1) is 45.3 Å². The van der Waals surface area contributed by atoms with E-state index in [1.807, 2.05) is 0 Å². The van der Waals surface area contributed by atoms with Gasteiger partial charge in [0.15, 0.2) is 11.6 Å². The highest BCUT2D eigenvalue weighted by atomic mass is 16.1. The molecule has 28 heavy (non-hydrogen) atoms. The Morgan fingerprint density at radius 3 is 1.29 bits per heavy atom. The highest BCUT2D eigenvalue weighted by Gasteiger charge is 2.51. The summed E-state index contributed by atoms with van der Waals surface area (Å²) in [4.78, 5) is 24.0. The minimum absolute atomic E-state index is 0.00767. The molecule has 148 valence electrons. The van der Waals surface area contributed by atoms with Gasteiger partial charge in [-0.05, 0) is 62.5 Å². The van der Waals surface area contributed by atoms with Crippen molar-refractivity contribution in [3.8, 4) is 23.7 Å². The van der Waals surface area contributed by atoms with Crippen LogP contribution in [0.1, 0.15) is 80.1 Å². The van der Waals surface area contributed by atoms with Crippen molar-refractivity contribution in [2.45, 2.75) is 80.1 Å². The lowest BCUT2D eigenvalue weighted by atomic mass is 9.51. The van der Waals surface area contributed by atoms with Crippen LogP contribution in [0.5, 0.6) is 0 Å². The number of rotatable bonds is 0. The van der Waals surface area contributed by atoms with Gasteiger partial charge in [0.25, 0.3) is 0 Å². The van der Waals surface area contributed by atoms with Crippen molar-refractivity contribution in [1.82, 2.24) is 0 Å². The van der Waals surface area contributed by atoms with Gasteiger partial charge in [0.2, 0.25) is 0 Å². The number of allylic oxidation sites excluding steroid dienone is 4. The van der Waals surface area contributed by atoms with E-state index in [2.05, 4.69) is 65.2 Å². The highest BCUT2D eigenvalue weighted by Crippen LogP contribution is 2.56. The Bertz CT molecular complexity index is 828. The quantitative estimate of drug-likeness (QED) is 0.528. The zero-order chi connectivity index (χ0) is 20.8. The largest absolute Gasteiger partial charge is 0.295 e. The van der Waals surface area contributed by atoms with Gasteiger partial charge >= 0.3 is 0 Å². The number of hydrogen-bond acceptors (Lipinski definition) is 2. The average molecular weight is 377 g/mol. The molecule has 0 aromatic heterocycles. The minimum atomic E-state index is -0.180. The first kappa shape index (κ1) is 20.7. The Balaban J connectivity index is 1.80. The van der Waals surface area contributed by atoms with Gasteiger partial charge in [-0.1, -0.05) is 51.4 Å². The van der Waals surface area contributed by atoms with Gasteiger partial charge in [0, 0.05) is 34.8 Å². The molecule has 0 heterocycles. The van der Waals surface area contributed by atoms with Crippen molar-refractivity contribution in [3.63, 3.8) is 0 Å². The molecule has 0 bridgehead atoms. The minimum Gasteiger partial charge on any atom is -0.295 e. The summed E-state index contributed by atoms with van der Waals surface area (Å²) in [6, 6.07) is 0. The Kier molecular flexibility index (Phi) is 5.00. The van der Waals surface area contributed by atoms with Crippen LogP contribution in [0.4, 0.5) is 0 Å². The standard InChI is InChI=1S/C26H32O2/c1-23(2)15-19(13-21(27)17-23)7-9-25(5)11-12-26(25,6)10-8-20-14-22(28)18-24(3,4)16-20/h13-14H,11-12,15-18H2,1-6H3/t25-,26+. The molecule has 2 atom stereocenters. The van der Waals surface area contributed by atoms with E-state index in [0.717, 1.165) is 36.8 Å². The van der Waals surface area contributed by atoms with Gasteiger partial charge in [-0.15, -0.1) is 0 Å². The predicted octanol–water partition coefficient (Wildman–Crippen LogP) is 5.43. The molecule has 0 spiro atoms. The highest BCUT2D eigenvalue weighted by molar-refractivity contribution is 5.93. The Hall–Kier alpha value is -2.06. The van der Waals surface area contributed by atoms with E-state index in [0.29, 0.717) is 12.8 Å². The van der Waals surface area contributed by atoms with E-state index >= 15 is 0 Å². The van der Waals surface area contributed by atoms with E-state index in [1.54, 1.807) is 12.2 Å². The second-order valence-electron chi connectivity index (χ2n) is 11.0. The molecule has 0 radical (unpaired) electrons. The first-order chi connectivity index (χ1) is 12.8. The molecular formula is C26H32O2. The van der Waals surface area contributed by atoms with Gasteiger partial charge < -0.3 is 0 Å². The Morgan fingerprint density at radius 1 is 0.643 bits per heavy atom.